The zero-order chi connectivity index (χ0) is 14.8. The molecule has 2 rings (SSSR count). The van der Waals surface area contributed by atoms with Crippen molar-refractivity contribution in [1.82, 2.24) is 9.80 Å². The summed E-state index contributed by atoms with van der Waals surface area (Å²) in [6.45, 7) is 15.1. The van der Waals surface area contributed by atoms with Crippen LogP contribution in [0.3, 0.4) is 0 Å². The summed E-state index contributed by atoms with van der Waals surface area (Å²) in [6.07, 6.45) is 5.39. The van der Waals surface area contributed by atoms with Crippen molar-refractivity contribution >= 4 is 0 Å². The monoisotopic (exact) mass is 281 g/mol. The van der Waals surface area contributed by atoms with Crippen LogP contribution in [0.25, 0.3) is 0 Å². The maximum atomic E-state index is 6.36. The molecule has 0 saturated carbocycles. The van der Waals surface area contributed by atoms with Crippen molar-refractivity contribution in [2.75, 3.05) is 32.7 Å². The maximum absolute atomic E-state index is 6.36. The minimum absolute atomic E-state index is 0.245. The van der Waals surface area contributed by atoms with Crippen LogP contribution in [0.15, 0.2) is 0 Å². The second-order valence-corrected chi connectivity index (χ2v) is 7.80. The molecule has 2 fully saturated rings. The van der Waals surface area contributed by atoms with E-state index in [9.17, 15) is 0 Å². The van der Waals surface area contributed by atoms with Crippen LogP contribution in [0.5, 0.6) is 0 Å². The fraction of sp³-hybridized carbons (Fsp3) is 1.00. The van der Waals surface area contributed by atoms with Gasteiger partial charge in [0.15, 0.2) is 0 Å². The van der Waals surface area contributed by atoms with Crippen LogP contribution in [0.4, 0.5) is 0 Å². The first-order valence-corrected chi connectivity index (χ1v) is 8.68. The molecular formula is C17H35N3. The van der Waals surface area contributed by atoms with Crippen LogP contribution in [-0.2, 0) is 0 Å². The molecule has 2 heterocycles. The summed E-state index contributed by atoms with van der Waals surface area (Å²) in [5.74, 6) is 1.43. The van der Waals surface area contributed by atoms with Gasteiger partial charge in [-0.25, -0.2) is 0 Å². The molecule has 2 aliphatic rings. The molecule has 2 aliphatic heterocycles. The third kappa shape index (κ3) is 3.20. The van der Waals surface area contributed by atoms with Gasteiger partial charge in [-0.1, -0.05) is 34.1 Å². The predicted octanol–water partition coefficient (Wildman–Crippen LogP) is 2.56. The number of hydrogen-bond acceptors (Lipinski definition) is 3. The highest BCUT2D eigenvalue weighted by Crippen LogP contribution is 2.39. The van der Waals surface area contributed by atoms with Gasteiger partial charge in [0.25, 0.3) is 0 Å². The van der Waals surface area contributed by atoms with Gasteiger partial charge < -0.3 is 5.73 Å². The zero-order valence-electron chi connectivity index (χ0n) is 14.1. The van der Waals surface area contributed by atoms with Gasteiger partial charge in [-0.3, -0.25) is 9.80 Å². The zero-order valence-corrected chi connectivity index (χ0v) is 14.1. The fourth-order valence-corrected chi connectivity index (χ4v) is 4.43. The second-order valence-electron chi connectivity index (χ2n) is 7.80. The highest BCUT2D eigenvalue weighted by molar-refractivity contribution is 5.09. The van der Waals surface area contributed by atoms with E-state index in [2.05, 4.69) is 37.5 Å². The summed E-state index contributed by atoms with van der Waals surface area (Å²) in [7, 11) is 0. The number of nitrogens with two attached hydrogens (primary N) is 1. The van der Waals surface area contributed by atoms with Crippen LogP contribution < -0.4 is 5.73 Å². The van der Waals surface area contributed by atoms with E-state index in [1.807, 2.05) is 0 Å². The molecule has 0 spiro atoms. The van der Waals surface area contributed by atoms with Gasteiger partial charge in [0.2, 0.25) is 0 Å². The third-order valence-corrected chi connectivity index (χ3v) is 5.22. The Bertz CT molecular complexity index is 293. The van der Waals surface area contributed by atoms with E-state index in [4.69, 9.17) is 5.73 Å². The molecule has 118 valence electrons. The molecule has 0 amide bonds. The fourth-order valence-electron chi connectivity index (χ4n) is 4.43. The normalized spacial score (nSPS) is 31.5. The molecule has 2 N–H and O–H groups in total. The summed E-state index contributed by atoms with van der Waals surface area (Å²) in [5, 5.41) is 0. The van der Waals surface area contributed by atoms with Gasteiger partial charge >= 0.3 is 0 Å². The topological polar surface area (TPSA) is 32.5 Å². The largest absolute Gasteiger partial charge is 0.329 e. The summed E-state index contributed by atoms with van der Waals surface area (Å²) in [4.78, 5) is 5.49. The molecule has 0 aromatic carbocycles. The highest BCUT2D eigenvalue weighted by Gasteiger charge is 2.50. The van der Waals surface area contributed by atoms with Crippen molar-refractivity contribution in [2.24, 2.45) is 17.6 Å². The summed E-state index contributed by atoms with van der Waals surface area (Å²) in [6, 6.07) is 0.707. The lowest BCUT2D eigenvalue weighted by molar-refractivity contribution is 0.0215. The van der Waals surface area contributed by atoms with Gasteiger partial charge in [0.1, 0.15) is 0 Å². The van der Waals surface area contributed by atoms with Crippen molar-refractivity contribution in [3.8, 4) is 0 Å². The molecule has 0 aliphatic carbocycles. The lowest BCUT2D eigenvalue weighted by Crippen LogP contribution is -2.63. The average molecular weight is 281 g/mol. The molecule has 0 aromatic rings. The Morgan fingerprint density at radius 2 is 1.75 bits per heavy atom. The Kier molecular flexibility index (Phi) is 5.49. The SMILES string of the molecule is CC(C)CN(CC(C)C)C1(CN)CCN2CCCCC21. The molecule has 0 aromatic heterocycles. The third-order valence-electron chi connectivity index (χ3n) is 5.22. The molecule has 2 unspecified atom stereocenters. The van der Waals surface area contributed by atoms with E-state index in [1.54, 1.807) is 0 Å². The van der Waals surface area contributed by atoms with Crippen LogP contribution in [-0.4, -0.2) is 54.1 Å². The van der Waals surface area contributed by atoms with Crippen molar-refractivity contribution in [3.05, 3.63) is 0 Å². The molecule has 20 heavy (non-hydrogen) atoms. The van der Waals surface area contributed by atoms with Gasteiger partial charge in [-0.15, -0.1) is 0 Å². The van der Waals surface area contributed by atoms with E-state index < -0.39 is 0 Å². The lowest BCUT2D eigenvalue weighted by Gasteiger charge is -2.48. The van der Waals surface area contributed by atoms with Crippen molar-refractivity contribution < 1.29 is 0 Å². The van der Waals surface area contributed by atoms with Crippen molar-refractivity contribution in [1.29, 1.82) is 0 Å². The van der Waals surface area contributed by atoms with Crippen molar-refractivity contribution in [2.45, 2.75) is 65.0 Å². The van der Waals surface area contributed by atoms with E-state index in [1.165, 1.54) is 51.9 Å². The number of hydrogen-bond donors (Lipinski definition) is 1. The minimum atomic E-state index is 0.245. The first-order chi connectivity index (χ1) is 9.49. The quantitative estimate of drug-likeness (QED) is 0.812. The lowest BCUT2D eigenvalue weighted by atomic mass is 9.82. The number of fused-ring (bicyclic) bond motifs is 1. The molecule has 3 nitrogen and oxygen atoms in total. The molecule has 3 heteroatoms. The number of piperidine rings is 1. The molecule has 2 atom stereocenters. The van der Waals surface area contributed by atoms with Gasteiger partial charge in [-0.2, -0.15) is 0 Å². The first-order valence-electron chi connectivity index (χ1n) is 8.68. The average Bonchev–Trinajstić information content (AvgIpc) is 2.77. The smallest absolute Gasteiger partial charge is 0.0498 e. The van der Waals surface area contributed by atoms with Crippen LogP contribution in [0, 0.1) is 11.8 Å². The van der Waals surface area contributed by atoms with E-state index in [0.29, 0.717) is 6.04 Å². The summed E-state index contributed by atoms with van der Waals surface area (Å²) >= 11 is 0. The second kappa shape index (κ2) is 6.76. The van der Waals surface area contributed by atoms with E-state index in [-0.39, 0.29) is 5.54 Å². The minimum Gasteiger partial charge on any atom is -0.329 e. The Labute approximate surface area is 125 Å². The first kappa shape index (κ1) is 16.3. The Balaban J connectivity index is 2.21. The Morgan fingerprint density at radius 3 is 2.30 bits per heavy atom. The molecule has 0 bridgehead atoms. The highest BCUT2D eigenvalue weighted by atomic mass is 15.3. The van der Waals surface area contributed by atoms with E-state index >= 15 is 0 Å². The Morgan fingerprint density at radius 1 is 1.10 bits per heavy atom. The number of rotatable bonds is 6. The molecule has 2 saturated heterocycles. The van der Waals surface area contributed by atoms with Gasteiger partial charge in [0, 0.05) is 37.8 Å². The van der Waals surface area contributed by atoms with Crippen LogP contribution in [0.2, 0.25) is 0 Å². The van der Waals surface area contributed by atoms with E-state index in [0.717, 1.165) is 18.4 Å². The van der Waals surface area contributed by atoms with Gasteiger partial charge in [0.05, 0.1) is 0 Å². The summed E-state index contributed by atoms with van der Waals surface area (Å²) in [5.41, 5.74) is 6.60. The molecule has 0 radical (unpaired) electrons. The van der Waals surface area contributed by atoms with Crippen molar-refractivity contribution in [3.63, 3.8) is 0 Å². The maximum Gasteiger partial charge on any atom is 0.0498 e. The van der Waals surface area contributed by atoms with Crippen LogP contribution in [0.1, 0.15) is 53.4 Å². The van der Waals surface area contributed by atoms with Gasteiger partial charge in [-0.05, 0) is 37.6 Å². The Hall–Kier alpha value is -0.120. The summed E-state index contributed by atoms with van der Waals surface area (Å²) < 4.78 is 0. The molecular weight excluding hydrogens is 246 g/mol. The van der Waals surface area contributed by atoms with Crippen LogP contribution >= 0.6 is 0 Å². The standard InChI is InChI=1S/C17H35N3/c1-14(2)11-20(12-15(3)4)17(13-18)8-10-19-9-6-5-7-16(17)19/h14-16H,5-13,18H2,1-4H3. The number of nitrogens with zero attached hydrogens (tertiary/aromatic N) is 2. The predicted molar refractivity (Wildman–Crippen MR) is 86.9 cm³/mol.